The van der Waals surface area contributed by atoms with Crippen LogP contribution in [0.5, 0.6) is 11.5 Å². The number of hydrogen-bond acceptors (Lipinski definition) is 10. The van der Waals surface area contributed by atoms with Crippen LogP contribution in [0.2, 0.25) is 0 Å². The lowest BCUT2D eigenvalue weighted by Gasteiger charge is -2.32. The van der Waals surface area contributed by atoms with Gasteiger partial charge in [-0.25, -0.2) is 22.6 Å². The third kappa shape index (κ3) is 4.53. The third-order valence-corrected chi connectivity index (χ3v) is 6.97. The summed E-state index contributed by atoms with van der Waals surface area (Å²) in [6.07, 6.45) is 2.36. The van der Waals surface area contributed by atoms with Gasteiger partial charge < -0.3 is 24.3 Å². The summed E-state index contributed by atoms with van der Waals surface area (Å²) >= 11 is 1.79. The molecule has 5 rings (SSSR count). The molecule has 0 fully saturated rings. The molecule has 0 aromatic carbocycles. The largest absolute Gasteiger partial charge is 0.454 e. The number of nitrogens with one attached hydrogen (secondary N) is 1. The highest BCUT2D eigenvalue weighted by atomic mass is 127. The summed E-state index contributed by atoms with van der Waals surface area (Å²) in [7, 11) is 3.08. The molecule has 0 radical (unpaired) electrons. The second kappa shape index (κ2) is 9.63. The van der Waals surface area contributed by atoms with Crippen LogP contribution in [0.15, 0.2) is 30.6 Å². The first-order chi connectivity index (χ1) is 18.1. The van der Waals surface area contributed by atoms with Gasteiger partial charge in [0.05, 0.1) is 42.7 Å². The fourth-order valence-corrected chi connectivity index (χ4v) is 4.74. The summed E-state index contributed by atoms with van der Waals surface area (Å²) in [5.41, 5.74) is 1.15. The summed E-state index contributed by atoms with van der Waals surface area (Å²) < 4.78 is 15.7. The van der Waals surface area contributed by atoms with Crippen LogP contribution in [-0.2, 0) is 18.3 Å². The molecular formula is C24H25IN10O3. The van der Waals surface area contributed by atoms with Crippen LogP contribution in [0.4, 0.5) is 28.2 Å². The molecule has 0 unspecified atom stereocenters. The minimum absolute atomic E-state index is 0.0185. The Morgan fingerprint density at radius 2 is 2.05 bits per heavy atom. The maximum atomic E-state index is 11.8. The zero-order chi connectivity index (χ0) is 27.2. The molecule has 0 saturated heterocycles. The van der Waals surface area contributed by atoms with E-state index in [4.69, 9.17) is 9.47 Å². The highest BCUT2D eigenvalue weighted by Crippen LogP contribution is 2.34. The first kappa shape index (κ1) is 25.5. The van der Waals surface area contributed by atoms with Crippen molar-refractivity contribution in [3.8, 4) is 17.6 Å². The highest BCUT2D eigenvalue weighted by molar-refractivity contribution is 14.1. The smallest absolute Gasteiger partial charge is 0.424 e. The van der Waals surface area contributed by atoms with Gasteiger partial charge in [0.15, 0.2) is 23.0 Å². The molecule has 5 heterocycles. The Bertz CT molecular complexity index is 1580. The number of nitriles is 1. The van der Waals surface area contributed by atoms with Crippen LogP contribution >= 0.6 is 22.9 Å². The molecule has 0 saturated carbocycles. The number of imidazole rings is 1. The van der Waals surface area contributed by atoms with E-state index >= 15 is 0 Å². The molecule has 4 aromatic rings. The molecule has 0 aliphatic carbocycles. The van der Waals surface area contributed by atoms with Gasteiger partial charge in [-0.3, -0.25) is 0 Å². The molecule has 0 bridgehead atoms. The molecular weight excluding hydrogens is 603 g/mol. The first-order valence-electron chi connectivity index (χ1n) is 11.7. The van der Waals surface area contributed by atoms with Gasteiger partial charge in [0.1, 0.15) is 28.7 Å². The predicted octanol–water partition coefficient (Wildman–Crippen LogP) is 4.51. The summed E-state index contributed by atoms with van der Waals surface area (Å²) in [5, 5.41) is 18.0. The number of hydrogen-bond donors (Lipinski definition) is 1. The van der Waals surface area contributed by atoms with Gasteiger partial charge in [-0.1, -0.05) is 0 Å². The van der Waals surface area contributed by atoms with E-state index in [-0.39, 0.29) is 16.9 Å². The second-order valence-electron chi connectivity index (χ2n) is 9.54. The Morgan fingerprint density at radius 1 is 1.26 bits per heavy atom. The van der Waals surface area contributed by atoms with Gasteiger partial charge in [-0.15, -0.1) is 0 Å². The maximum Gasteiger partial charge on any atom is 0.424 e. The maximum absolute atomic E-state index is 11.8. The number of aryl methyl sites for hydroxylation is 1. The minimum Gasteiger partial charge on any atom is -0.454 e. The summed E-state index contributed by atoms with van der Waals surface area (Å²) in [4.78, 5) is 27.3. The number of pyridine rings is 2. The first-order valence-corrected chi connectivity index (χ1v) is 12.6. The van der Waals surface area contributed by atoms with Gasteiger partial charge in [-0.2, -0.15) is 15.3 Å². The van der Waals surface area contributed by atoms with Gasteiger partial charge in [0.2, 0.25) is 5.95 Å². The van der Waals surface area contributed by atoms with Crippen molar-refractivity contribution in [2.45, 2.75) is 32.9 Å². The van der Waals surface area contributed by atoms with Crippen molar-refractivity contribution in [1.82, 2.24) is 29.3 Å². The molecule has 0 atom stereocenters. The zero-order valence-electron chi connectivity index (χ0n) is 21.4. The molecule has 13 nitrogen and oxygen atoms in total. The van der Waals surface area contributed by atoms with Gasteiger partial charge >= 0.3 is 6.09 Å². The fraction of sp³-hybridized carbons (Fsp3) is 0.333. The Hall–Kier alpha value is -4.13. The normalized spacial score (nSPS) is 12.8. The van der Waals surface area contributed by atoms with E-state index in [1.165, 1.54) is 22.6 Å². The number of aromatic nitrogens is 6. The van der Waals surface area contributed by atoms with Crippen molar-refractivity contribution >= 4 is 63.5 Å². The number of carbonyl (C=O) groups excluding carboxylic acids is 1. The van der Waals surface area contributed by atoms with Gasteiger partial charge in [-0.05, 0) is 26.8 Å². The minimum atomic E-state index is -0.583. The van der Waals surface area contributed by atoms with E-state index in [0.717, 1.165) is 18.9 Å². The van der Waals surface area contributed by atoms with Crippen LogP contribution in [0.3, 0.4) is 0 Å². The number of nitrogens with zero attached hydrogens (tertiary/aromatic N) is 9. The average molecular weight is 628 g/mol. The van der Waals surface area contributed by atoms with E-state index in [0.29, 0.717) is 34.5 Å². The van der Waals surface area contributed by atoms with Crippen molar-refractivity contribution in [3.63, 3.8) is 0 Å². The zero-order valence-corrected chi connectivity index (χ0v) is 23.6. The molecule has 1 amide bonds. The average Bonchev–Trinajstić information content (AvgIpc) is 3.56. The lowest BCUT2D eigenvalue weighted by Crippen LogP contribution is -2.40. The number of fused-ring (bicyclic) bond motifs is 2. The molecule has 196 valence electrons. The van der Waals surface area contributed by atoms with E-state index < -0.39 is 6.09 Å². The van der Waals surface area contributed by atoms with Crippen molar-refractivity contribution < 1.29 is 14.3 Å². The summed E-state index contributed by atoms with van der Waals surface area (Å²) in [6.45, 7) is 8.24. The van der Waals surface area contributed by atoms with Crippen LogP contribution in [-0.4, -0.2) is 54.6 Å². The lowest BCUT2D eigenvalue weighted by molar-refractivity contribution is 0.184. The summed E-state index contributed by atoms with van der Waals surface area (Å²) in [5.74, 6) is 3.11. The topological polar surface area (TPSA) is 139 Å². The standard InChI is InChI=1S/C24H25IN10O3/c1-24(2,3)33-8-9-34-19(33)11-17(31-34)29-22-30-21-20(32(22)4)15(12-26)16(13-28-21)38-14-6-7-27-18(10-14)35(25)23(36)37-5/h6-7,10-11,13H,8-9H2,1-5H3,(H,28,29,30,31). The predicted molar refractivity (Wildman–Crippen MR) is 149 cm³/mol. The Morgan fingerprint density at radius 3 is 2.76 bits per heavy atom. The number of carbonyl (C=O) groups is 1. The fourth-order valence-electron chi connectivity index (χ4n) is 4.28. The quantitative estimate of drug-likeness (QED) is 0.248. The Kier molecular flexibility index (Phi) is 6.47. The van der Waals surface area contributed by atoms with E-state index in [2.05, 4.69) is 57.1 Å². The molecule has 1 aliphatic rings. The van der Waals surface area contributed by atoms with Crippen LogP contribution in [0.1, 0.15) is 26.3 Å². The van der Waals surface area contributed by atoms with Crippen molar-refractivity contribution in [2.75, 3.05) is 27.0 Å². The van der Waals surface area contributed by atoms with Crippen molar-refractivity contribution in [3.05, 3.63) is 36.2 Å². The third-order valence-electron chi connectivity index (χ3n) is 6.08. The SMILES string of the molecule is COC(=O)N(I)c1cc(Oc2cnc3nc(Nc4cc5n(n4)CCN5C(C)(C)C)n(C)c3c2C#N)ccn1. The summed E-state index contributed by atoms with van der Waals surface area (Å²) in [6, 6.07) is 7.39. The molecule has 1 N–H and O–H groups in total. The number of anilines is 4. The number of ether oxygens (including phenoxy) is 2. The van der Waals surface area contributed by atoms with E-state index in [1.807, 2.05) is 10.7 Å². The molecule has 0 spiro atoms. The molecule has 4 aromatic heterocycles. The van der Waals surface area contributed by atoms with Crippen molar-refractivity contribution in [2.24, 2.45) is 7.05 Å². The lowest BCUT2D eigenvalue weighted by atomic mass is 10.1. The van der Waals surface area contributed by atoms with Crippen molar-refractivity contribution in [1.29, 1.82) is 5.26 Å². The molecule has 1 aliphatic heterocycles. The van der Waals surface area contributed by atoms with Crippen LogP contribution in [0, 0.1) is 11.3 Å². The molecule has 38 heavy (non-hydrogen) atoms. The number of halogens is 1. The number of methoxy groups -OCH3 is 1. The Balaban J connectivity index is 1.45. The Labute approximate surface area is 232 Å². The van der Waals surface area contributed by atoms with E-state index in [1.54, 1.807) is 46.6 Å². The second-order valence-corrected chi connectivity index (χ2v) is 10.5. The number of rotatable bonds is 5. The van der Waals surface area contributed by atoms with E-state index in [9.17, 15) is 10.1 Å². The van der Waals surface area contributed by atoms with Gasteiger partial charge in [0, 0.05) is 37.5 Å². The highest BCUT2D eigenvalue weighted by Gasteiger charge is 2.30. The van der Waals surface area contributed by atoms with Crippen LogP contribution < -0.4 is 18.1 Å². The monoisotopic (exact) mass is 628 g/mol. The molecule has 14 heteroatoms. The number of amides is 1. The van der Waals surface area contributed by atoms with Gasteiger partial charge in [0.25, 0.3) is 0 Å². The van der Waals surface area contributed by atoms with Crippen LogP contribution in [0.25, 0.3) is 11.2 Å².